The van der Waals surface area contributed by atoms with Gasteiger partial charge < -0.3 is 9.84 Å². The summed E-state index contributed by atoms with van der Waals surface area (Å²) in [4.78, 5) is 4.36. The maximum absolute atomic E-state index is 6.36. The van der Waals surface area contributed by atoms with Crippen LogP contribution in [-0.2, 0) is 6.54 Å². The second-order valence-electron chi connectivity index (χ2n) is 6.21. The van der Waals surface area contributed by atoms with Crippen molar-refractivity contribution in [3.05, 3.63) is 59.2 Å². The van der Waals surface area contributed by atoms with E-state index in [9.17, 15) is 0 Å². The first kappa shape index (κ1) is 15.8. The minimum atomic E-state index is 0.430. The molecule has 5 rings (SSSR count). The quantitative estimate of drug-likeness (QED) is 0.489. The predicted molar refractivity (Wildman–Crippen MR) is 102 cm³/mol. The molecule has 4 aromatic heterocycles. The molecule has 0 unspecified atom stereocenters. The molecule has 0 aliphatic rings. The number of nitrogens with one attached hydrogen (secondary N) is 2. The smallest absolute Gasteiger partial charge is 0.178 e. The first-order valence-electron chi connectivity index (χ1n) is 8.32. The van der Waals surface area contributed by atoms with Gasteiger partial charge in [0.25, 0.3) is 0 Å². The highest BCUT2D eigenvalue weighted by Gasteiger charge is 2.13. The number of H-pyrrole nitrogens is 1. The summed E-state index contributed by atoms with van der Waals surface area (Å²) in [5.41, 5.74) is 4.21. The van der Waals surface area contributed by atoms with Gasteiger partial charge in [-0.25, -0.2) is 0 Å². The number of benzene rings is 1. The van der Waals surface area contributed by atoms with E-state index in [0.717, 1.165) is 39.1 Å². The maximum atomic E-state index is 6.36. The lowest BCUT2D eigenvalue weighted by Crippen LogP contribution is -2.01. The highest BCUT2D eigenvalue weighted by atomic mass is 35.5. The van der Waals surface area contributed by atoms with Gasteiger partial charge in [-0.15, -0.1) is 0 Å². The Bertz CT molecular complexity index is 1270. The Morgan fingerprint density at radius 1 is 1.26 bits per heavy atom. The molecule has 0 aliphatic heterocycles. The standard InChI is InChI=1S/C18H14ClN7O/c1-10-7-12(25-27-10)9-26-15-5-4-11(8-13(15)17(19)24-26)21-18-16-14(22-23-18)3-2-6-20-16/h2-8H,9H2,1H3,(H2,21,22,23). The Morgan fingerprint density at radius 3 is 3.04 bits per heavy atom. The zero-order valence-corrected chi connectivity index (χ0v) is 15.0. The van der Waals surface area contributed by atoms with E-state index >= 15 is 0 Å². The Hall–Kier alpha value is -3.39. The fraction of sp³-hybridized carbons (Fsp3) is 0.111. The van der Waals surface area contributed by atoms with Crippen molar-refractivity contribution in [1.82, 2.24) is 30.1 Å². The average molecular weight is 380 g/mol. The summed E-state index contributed by atoms with van der Waals surface area (Å²) in [7, 11) is 0. The van der Waals surface area contributed by atoms with Crippen LogP contribution in [0.3, 0.4) is 0 Å². The number of hydrogen-bond donors (Lipinski definition) is 2. The fourth-order valence-electron chi connectivity index (χ4n) is 3.06. The molecule has 134 valence electrons. The van der Waals surface area contributed by atoms with Crippen LogP contribution in [0.1, 0.15) is 11.5 Å². The SMILES string of the molecule is Cc1cc(Cn2nc(Cl)c3cc(Nc4n[nH]c5cccnc45)ccc32)no1. The highest BCUT2D eigenvalue weighted by Crippen LogP contribution is 2.29. The summed E-state index contributed by atoms with van der Waals surface area (Å²) < 4.78 is 6.93. The van der Waals surface area contributed by atoms with Gasteiger partial charge in [0.05, 0.1) is 17.6 Å². The largest absolute Gasteiger partial charge is 0.361 e. The highest BCUT2D eigenvalue weighted by molar-refractivity contribution is 6.34. The van der Waals surface area contributed by atoms with Crippen LogP contribution in [0.4, 0.5) is 11.5 Å². The lowest BCUT2D eigenvalue weighted by molar-refractivity contribution is 0.388. The van der Waals surface area contributed by atoms with Crippen molar-refractivity contribution >= 4 is 45.0 Å². The van der Waals surface area contributed by atoms with Gasteiger partial charge >= 0.3 is 0 Å². The van der Waals surface area contributed by atoms with Crippen molar-refractivity contribution < 1.29 is 4.52 Å². The number of hydrogen-bond acceptors (Lipinski definition) is 6. The van der Waals surface area contributed by atoms with Crippen molar-refractivity contribution in [2.24, 2.45) is 0 Å². The number of halogens is 1. The molecule has 0 spiro atoms. The summed E-state index contributed by atoms with van der Waals surface area (Å²) in [6.45, 7) is 2.34. The van der Waals surface area contributed by atoms with Gasteiger partial charge in [0.1, 0.15) is 17.0 Å². The van der Waals surface area contributed by atoms with Crippen LogP contribution in [0, 0.1) is 6.92 Å². The van der Waals surface area contributed by atoms with Crippen LogP contribution in [0.2, 0.25) is 5.15 Å². The van der Waals surface area contributed by atoms with Gasteiger partial charge in [0.2, 0.25) is 0 Å². The predicted octanol–water partition coefficient (Wildman–Crippen LogP) is 4.05. The molecule has 0 fully saturated rings. The van der Waals surface area contributed by atoms with Crippen molar-refractivity contribution in [3.8, 4) is 0 Å². The van der Waals surface area contributed by atoms with E-state index in [1.54, 1.807) is 6.20 Å². The summed E-state index contributed by atoms with van der Waals surface area (Å²) in [5.74, 6) is 1.42. The fourth-order valence-corrected chi connectivity index (χ4v) is 3.30. The second-order valence-corrected chi connectivity index (χ2v) is 6.56. The van der Waals surface area contributed by atoms with Gasteiger partial charge in [0, 0.05) is 23.3 Å². The van der Waals surface area contributed by atoms with Gasteiger partial charge in [-0.05, 0) is 37.3 Å². The number of aromatic amines is 1. The Morgan fingerprint density at radius 2 is 2.19 bits per heavy atom. The summed E-state index contributed by atoms with van der Waals surface area (Å²) >= 11 is 6.36. The molecule has 27 heavy (non-hydrogen) atoms. The molecule has 8 nitrogen and oxygen atoms in total. The third-order valence-corrected chi connectivity index (χ3v) is 4.56. The Balaban J connectivity index is 1.49. The van der Waals surface area contributed by atoms with Gasteiger partial charge in [-0.3, -0.25) is 14.8 Å². The van der Waals surface area contributed by atoms with E-state index < -0.39 is 0 Å². The lowest BCUT2D eigenvalue weighted by Gasteiger charge is -2.04. The first-order chi connectivity index (χ1) is 13.2. The van der Waals surface area contributed by atoms with Crippen LogP contribution in [-0.4, -0.2) is 30.1 Å². The first-order valence-corrected chi connectivity index (χ1v) is 8.69. The monoisotopic (exact) mass is 379 g/mol. The van der Waals surface area contributed by atoms with Crippen LogP contribution in [0.15, 0.2) is 47.1 Å². The van der Waals surface area contributed by atoms with Gasteiger partial charge in [-0.2, -0.15) is 10.2 Å². The summed E-state index contributed by atoms with van der Waals surface area (Å²) in [6, 6.07) is 11.5. The molecule has 2 N–H and O–H groups in total. The molecule has 0 bridgehead atoms. The molecule has 0 amide bonds. The van der Waals surface area contributed by atoms with Crippen molar-refractivity contribution in [3.63, 3.8) is 0 Å². The van der Waals surface area contributed by atoms with E-state index in [0.29, 0.717) is 17.5 Å². The third kappa shape index (κ3) is 2.80. The molecule has 9 heteroatoms. The van der Waals surface area contributed by atoms with Crippen molar-refractivity contribution in [1.29, 1.82) is 0 Å². The molecule has 0 atom stereocenters. The van der Waals surface area contributed by atoms with Gasteiger partial charge in [0.15, 0.2) is 11.0 Å². The van der Waals surface area contributed by atoms with Crippen LogP contribution < -0.4 is 5.32 Å². The van der Waals surface area contributed by atoms with E-state index in [4.69, 9.17) is 16.1 Å². The van der Waals surface area contributed by atoms with Crippen molar-refractivity contribution in [2.75, 3.05) is 5.32 Å². The number of nitrogens with zero attached hydrogens (tertiary/aromatic N) is 5. The number of fused-ring (bicyclic) bond motifs is 2. The molecule has 4 heterocycles. The van der Waals surface area contributed by atoms with Crippen molar-refractivity contribution in [2.45, 2.75) is 13.5 Å². The summed E-state index contributed by atoms with van der Waals surface area (Å²) in [5, 5.41) is 20.2. The van der Waals surface area contributed by atoms with Crippen LogP contribution >= 0.6 is 11.6 Å². The Kier molecular flexibility index (Phi) is 3.58. The molecular formula is C18H14ClN7O. The molecule has 0 radical (unpaired) electrons. The maximum Gasteiger partial charge on any atom is 0.178 e. The molecule has 0 aliphatic carbocycles. The minimum absolute atomic E-state index is 0.430. The van der Waals surface area contributed by atoms with Gasteiger partial charge in [-0.1, -0.05) is 16.8 Å². The van der Waals surface area contributed by atoms with Crippen LogP contribution in [0.25, 0.3) is 21.9 Å². The minimum Gasteiger partial charge on any atom is -0.361 e. The average Bonchev–Trinajstić information content (AvgIpc) is 3.35. The number of anilines is 2. The molecule has 0 saturated carbocycles. The molecule has 1 aromatic carbocycles. The molecule has 0 saturated heterocycles. The number of pyridine rings is 1. The zero-order valence-electron chi connectivity index (χ0n) is 14.3. The lowest BCUT2D eigenvalue weighted by atomic mass is 10.2. The number of aromatic nitrogens is 6. The Labute approximate surface area is 158 Å². The summed E-state index contributed by atoms with van der Waals surface area (Å²) in [6.07, 6.45) is 1.73. The third-order valence-electron chi connectivity index (χ3n) is 4.28. The van der Waals surface area contributed by atoms with E-state index in [2.05, 4.69) is 30.8 Å². The normalized spacial score (nSPS) is 11.5. The molecular weight excluding hydrogens is 366 g/mol. The van der Waals surface area contributed by atoms with E-state index in [1.165, 1.54) is 0 Å². The zero-order chi connectivity index (χ0) is 18.4. The van der Waals surface area contributed by atoms with Crippen LogP contribution in [0.5, 0.6) is 0 Å². The number of rotatable bonds is 4. The second kappa shape index (κ2) is 6.10. The molecule has 5 aromatic rings. The topological polar surface area (TPSA) is 97.5 Å². The number of aryl methyl sites for hydroxylation is 1. The van der Waals surface area contributed by atoms with E-state index in [1.807, 2.05) is 48.0 Å². The van der Waals surface area contributed by atoms with E-state index in [-0.39, 0.29) is 0 Å².